The summed E-state index contributed by atoms with van der Waals surface area (Å²) >= 11 is 0. The summed E-state index contributed by atoms with van der Waals surface area (Å²) in [7, 11) is 1.43. The second-order valence-electron chi connectivity index (χ2n) is 5.69. The molecule has 0 aromatic heterocycles. The first-order valence-electron chi connectivity index (χ1n) is 8.07. The molecule has 0 unspecified atom stereocenters. The lowest BCUT2D eigenvalue weighted by Gasteiger charge is -2.15. The Morgan fingerprint density at radius 1 is 1.15 bits per heavy atom. The van der Waals surface area contributed by atoms with Crippen molar-refractivity contribution in [2.24, 2.45) is 0 Å². The number of rotatable bonds is 8. The Hall–Kier alpha value is -3.42. The second-order valence-corrected chi connectivity index (χ2v) is 5.69. The number of hydrogen-bond acceptors (Lipinski definition) is 7. The molecule has 0 heterocycles. The number of ether oxygens (including phenoxy) is 3. The zero-order valence-corrected chi connectivity index (χ0v) is 15.1. The van der Waals surface area contributed by atoms with Gasteiger partial charge in [0, 0.05) is 17.7 Å². The first-order chi connectivity index (χ1) is 12.8. The highest BCUT2D eigenvalue weighted by molar-refractivity contribution is 5.94. The molecule has 0 N–H and O–H groups in total. The molecule has 0 radical (unpaired) electrons. The minimum atomic E-state index is -0.678. The molecule has 1 atom stereocenters. The van der Waals surface area contributed by atoms with Gasteiger partial charge in [-0.25, -0.2) is 4.79 Å². The summed E-state index contributed by atoms with van der Waals surface area (Å²) in [5, 5.41) is 10.8. The molecular weight excluding hydrogens is 354 g/mol. The lowest BCUT2D eigenvalue weighted by atomic mass is 10.1. The first kappa shape index (κ1) is 19.9. The highest BCUT2D eigenvalue weighted by Gasteiger charge is 2.16. The van der Waals surface area contributed by atoms with Gasteiger partial charge < -0.3 is 14.2 Å². The van der Waals surface area contributed by atoms with Gasteiger partial charge in [-0.1, -0.05) is 12.1 Å². The number of benzene rings is 2. The van der Waals surface area contributed by atoms with Gasteiger partial charge in [-0.05, 0) is 37.6 Å². The van der Waals surface area contributed by atoms with Crippen LogP contribution in [0.3, 0.4) is 0 Å². The van der Waals surface area contributed by atoms with Gasteiger partial charge in [0.2, 0.25) is 0 Å². The molecule has 0 aliphatic rings. The summed E-state index contributed by atoms with van der Waals surface area (Å²) in [4.78, 5) is 33.7. The van der Waals surface area contributed by atoms with E-state index in [1.807, 2.05) is 0 Å². The molecule has 0 saturated carbocycles. The molecule has 0 amide bonds. The number of methoxy groups -OCH3 is 1. The Balaban J connectivity index is 1.99. The predicted octanol–water partition coefficient (Wildman–Crippen LogP) is 3.49. The van der Waals surface area contributed by atoms with E-state index in [0.717, 1.165) is 0 Å². The molecule has 8 heteroatoms. The zero-order valence-electron chi connectivity index (χ0n) is 15.1. The summed E-state index contributed by atoms with van der Waals surface area (Å²) in [5.41, 5.74) is 0.879. The molecule has 0 aliphatic heterocycles. The van der Waals surface area contributed by atoms with E-state index >= 15 is 0 Å². The van der Waals surface area contributed by atoms with Gasteiger partial charge in [-0.2, -0.15) is 0 Å². The molecule has 0 saturated heterocycles. The van der Waals surface area contributed by atoms with Crippen molar-refractivity contribution >= 4 is 17.4 Å². The van der Waals surface area contributed by atoms with E-state index in [4.69, 9.17) is 14.2 Å². The van der Waals surface area contributed by atoms with Gasteiger partial charge in [0.15, 0.2) is 23.9 Å². The summed E-state index contributed by atoms with van der Waals surface area (Å²) < 4.78 is 15.8. The highest BCUT2D eigenvalue weighted by atomic mass is 16.6. The van der Waals surface area contributed by atoms with E-state index < -0.39 is 17.0 Å². The third-order valence-electron chi connectivity index (χ3n) is 3.77. The molecule has 2 aromatic rings. The maximum atomic E-state index is 12.0. The predicted molar refractivity (Wildman–Crippen MR) is 96.1 cm³/mol. The number of non-ortho nitro benzene ring substituents is 1. The fraction of sp³-hybridized carbons (Fsp3) is 0.263. The van der Waals surface area contributed by atoms with Crippen LogP contribution in [-0.2, 0) is 9.53 Å². The normalized spacial score (nSPS) is 11.4. The smallest absolute Gasteiger partial charge is 0.344 e. The molecule has 0 fully saturated rings. The maximum Gasteiger partial charge on any atom is 0.344 e. The summed E-state index contributed by atoms with van der Waals surface area (Å²) in [6, 6.07) is 10.5. The van der Waals surface area contributed by atoms with Crippen LogP contribution in [0.25, 0.3) is 0 Å². The largest absolute Gasteiger partial charge is 0.493 e. The lowest BCUT2D eigenvalue weighted by Crippen LogP contribution is -2.17. The molecule has 142 valence electrons. The molecule has 2 rings (SSSR count). The third-order valence-corrected chi connectivity index (χ3v) is 3.77. The molecule has 8 nitrogen and oxygen atoms in total. The number of carbonyl (C=O) groups excluding carboxylic acids is 2. The maximum absolute atomic E-state index is 12.0. The fourth-order valence-electron chi connectivity index (χ4n) is 2.33. The first-order valence-corrected chi connectivity index (χ1v) is 8.07. The van der Waals surface area contributed by atoms with Gasteiger partial charge >= 0.3 is 5.97 Å². The van der Waals surface area contributed by atoms with Crippen LogP contribution >= 0.6 is 0 Å². The molecule has 2 aromatic carbocycles. The average Bonchev–Trinajstić information content (AvgIpc) is 2.66. The van der Waals surface area contributed by atoms with Crippen LogP contribution in [-0.4, -0.2) is 30.4 Å². The van der Waals surface area contributed by atoms with E-state index in [0.29, 0.717) is 22.6 Å². The van der Waals surface area contributed by atoms with Crippen molar-refractivity contribution < 1.29 is 28.7 Å². The van der Waals surface area contributed by atoms with E-state index in [1.165, 1.54) is 44.4 Å². The number of nitro groups is 1. The Labute approximate surface area is 155 Å². The van der Waals surface area contributed by atoms with E-state index in [9.17, 15) is 19.7 Å². The van der Waals surface area contributed by atoms with Gasteiger partial charge in [-0.15, -0.1) is 0 Å². The van der Waals surface area contributed by atoms with Crippen LogP contribution < -0.4 is 9.47 Å². The molecular formula is C19H19NO7. The van der Waals surface area contributed by atoms with Gasteiger partial charge in [0.05, 0.1) is 12.0 Å². The molecule has 0 spiro atoms. The van der Waals surface area contributed by atoms with Crippen LogP contribution in [0.2, 0.25) is 0 Å². The molecule has 27 heavy (non-hydrogen) atoms. The van der Waals surface area contributed by atoms with Crippen molar-refractivity contribution in [1.29, 1.82) is 0 Å². The average molecular weight is 373 g/mol. The van der Waals surface area contributed by atoms with Crippen molar-refractivity contribution in [2.45, 2.75) is 20.0 Å². The number of nitrogens with zero attached hydrogens (tertiary/aromatic N) is 1. The van der Waals surface area contributed by atoms with Crippen molar-refractivity contribution in [3.63, 3.8) is 0 Å². The van der Waals surface area contributed by atoms with Crippen molar-refractivity contribution in [2.75, 3.05) is 13.7 Å². The number of hydrogen-bond donors (Lipinski definition) is 0. The summed E-state index contributed by atoms with van der Waals surface area (Å²) in [6.45, 7) is 2.66. The Morgan fingerprint density at radius 2 is 1.89 bits per heavy atom. The monoisotopic (exact) mass is 373 g/mol. The lowest BCUT2D eigenvalue weighted by molar-refractivity contribution is -0.385. The van der Waals surface area contributed by atoms with Crippen molar-refractivity contribution in [3.8, 4) is 11.5 Å². The van der Waals surface area contributed by atoms with Gasteiger partial charge in [-0.3, -0.25) is 14.9 Å². The topological polar surface area (TPSA) is 105 Å². The number of esters is 1. The van der Waals surface area contributed by atoms with Crippen LogP contribution in [0.4, 0.5) is 5.69 Å². The van der Waals surface area contributed by atoms with Gasteiger partial charge in [0.25, 0.3) is 5.69 Å². The SMILES string of the molecule is COc1cc(C(C)=O)ccc1OCC(=O)O[C@@H](C)c1cccc([N+](=O)[O-])c1. The summed E-state index contributed by atoms with van der Waals surface area (Å²) in [5.74, 6) is -0.151. The Bertz CT molecular complexity index is 863. The van der Waals surface area contributed by atoms with Crippen molar-refractivity contribution in [3.05, 3.63) is 63.7 Å². The number of carbonyl (C=O) groups is 2. The quantitative estimate of drug-likeness (QED) is 0.302. The summed E-state index contributed by atoms with van der Waals surface area (Å²) in [6.07, 6.45) is -0.678. The van der Waals surface area contributed by atoms with Crippen LogP contribution in [0.15, 0.2) is 42.5 Å². The van der Waals surface area contributed by atoms with Crippen LogP contribution in [0.5, 0.6) is 11.5 Å². The second kappa shape index (κ2) is 8.79. The zero-order chi connectivity index (χ0) is 20.0. The molecule has 0 aliphatic carbocycles. The fourth-order valence-corrected chi connectivity index (χ4v) is 2.33. The van der Waals surface area contributed by atoms with Crippen LogP contribution in [0.1, 0.15) is 35.9 Å². The number of Topliss-reactive ketones (excluding diaryl/α,β-unsaturated/α-hetero) is 1. The van der Waals surface area contributed by atoms with E-state index in [-0.39, 0.29) is 18.1 Å². The van der Waals surface area contributed by atoms with Gasteiger partial charge in [0.1, 0.15) is 6.10 Å². The van der Waals surface area contributed by atoms with E-state index in [2.05, 4.69) is 0 Å². The number of nitro benzene ring substituents is 1. The molecule has 0 bridgehead atoms. The standard InChI is InChI=1S/C19H19NO7/c1-12(21)14-7-8-17(18(10-14)25-3)26-11-19(22)27-13(2)15-5-4-6-16(9-15)20(23)24/h4-10,13H,11H2,1-3H3/t13-/m0/s1. The number of ketones is 1. The third kappa shape index (κ3) is 5.27. The minimum Gasteiger partial charge on any atom is -0.493 e. The van der Waals surface area contributed by atoms with Crippen molar-refractivity contribution in [1.82, 2.24) is 0 Å². The Morgan fingerprint density at radius 3 is 2.52 bits per heavy atom. The Kier molecular flexibility index (Phi) is 6.48. The highest BCUT2D eigenvalue weighted by Crippen LogP contribution is 2.28. The van der Waals surface area contributed by atoms with E-state index in [1.54, 1.807) is 19.1 Å². The van der Waals surface area contributed by atoms with Crippen LogP contribution in [0, 0.1) is 10.1 Å². The minimum absolute atomic E-state index is 0.0815.